The molecule has 2 aromatic heterocycles. The molecule has 1 aromatic carbocycles. The van der Waals surface area contributed by atoms with Gasteiger partial charge in [-0.15, -0.1) is 12.4 Å². The van der Waals surface area contributed by atoms with Crippen LogP contribution in [0.25, 0.3) is 0 Å². The summed E-state index contributed by atoms with van der Waals surface area (Å²) in [5.41, 5.74) is 8.29. The molecule has 0 saturated carbocycles. The third kappa shape index (κ3) is 5.99. The fourth-order valence-corrected chi connectivity index (χ4v) is 5.41. The van der Waals surface area contributed by atoms with Crippen molar-refractivity contribution in [1.82, 2.24) is 25.0 Å². The second-order valence-corrected chi connectivity index (χ2v) is 10.0. The predicted octanol–water partition coefficient (Wildman–Crippen LogP) is 3.73. The van der Waals surface area contributed by atoms with E-state index in [9.17, 15) is 18.0 Å². The summed E-state index contributed by atoms with van der Waals surface area (Å²) in [5.74, 6) is -0.833. The lowest BCUT2D eigenvalue weighted by atomic mass is 9.93. The molecule has 0 unspecified atom stereocenters. The van der Waals surface area contributed by atoms with Gasteiger partial charge < -0.3 is 25.0 Å². The highest BCUT2D eigenvalue weighted by Crippen LogP contribution is 2.31. The Bertz CT molecular complexity index is 1300. The van der Waals surface area contributed by atoms with Gasteiger partial charge in [-0.05, 0) is 38.3 Å². The largest absolute Gasteiger partial charge is 0.339 e. The molecule has 216 valence electrons. The number of aryl methyl sites for hydroxylation is 1. The molecule has 2 fully saturated rings. The lowest BCUT2D eigenvalue weighted by Gasteiger charge is -2.37. The van der Waals surface area contributed by atoms with Crippen LogP contribution in [0.5, 0.6) is 0 Å². The van der Waals surface area contributed by atoms with Crippen LogP contribution in [0.2, 0.25) is 0 Å². The molecule has 0 radical (unpaired) electrons. The second-order valence-electron chi connectivity index (χ2n) is 10.0. The molecule has 0 aliphatic carbocycles. The lowest BCUT2D eigenvalue weighted by molar-refractivity contribution is 0.0661. The molecule has 2 saturated heterocycles. The van der Waals surface area contributed by atoms with Gasteiger partial charge in [0.15, 0.2) is 0 Å². The number of nitrogens with zero attached hydrogens (tertiary/aromatic N) is 7. The Morgan fingerprint density at radius 2 is 1.88 bits per heavy atom. The quantitative estimate of drug-likeness (QED) is 0.446. The lowest BCUT2D eigenvalue weighted by Crippen LogP contribution is -2.47. The summed E-state index contributed by atoms with van der Waals surface area (Å²) >= 11 is 0. The van der Waals surface area contributed by atoms with Crippen molar-refractivity contribution >= 4 is 30.3 Å². The van der Waals surface area contributed by atoms with Crippen LogP contribution < -0.4 is 15.5 Å². The number of amides is 1. The van der Waals surface area contributed by atoms with Crippen molar-refractivity contribution in [2.24, 2.45) is 5.73 Å². The van der Waals surface area contributed by atoms with Crippen molar-refractivity contribution in [2.75, 3.05) is 42.5 Å². The van der Waals surface area contributed by atoms with Crippen LogP contribution in [-0.2, 0) is 0 Å². The first-order valence-corrected chi connectivity index (χ1v) is 13.0. The molecule has 2 aliphatic rings. The van der Waals surface area contributed by atoms with E-state index in [0.29, 0.717) is 62.6 Å². The van der Waals surface area contributed by atoms with Crippen LogP contribution >= 0.6 is 12.4 Å². The molecule has 0 bridgehead atoms. The second kappa shape index (κ2) is 12.4. The van der Waals surface area contributed by atoms with Crippen molar-refractivity contribution < 1.29 is 22.5 Å². The number of rotatable bonds is 7. The zero-order valence-electron chi connectivity index (χ0n) is 22.2. The van der Waals surface area contributed by atoms with Crippen LogP contribution in [0, 0.1) is 12.7 Å². The van der Waals surface area contributed by atoms with Gasteiger partial charge in [0.1, 0.15) is 5.82 Å². The number of hydrogen-bond donors (Lipinski definition) is 1. The maximum absolute atomic E-state index is 14.5. The van der Waals surface area contributed by atoms with E-state index >= 15 is 0 Å². The van der Waals surface area contributed by atoms with Gasteiger partial charge in [-0.1, -0.05) is 22.9 Å². The zero-order chi connectivity index (χ0) is 27.7. The fraction of sp³-hybridized carbons (Fsp3) is 0.500. The number of piperidine rings is 1. The Labute approximate surface area is 236 Å². The standard InChI is InChI=1S/C26H31F3N8O2.ClH/c1-3-37(17-6-8-35(9-7-17)26-33-23(22(28)29)34-39-26)24(38)16-11-31-25(32-12-16)36-13-19(21(30)14-36)18-10-15(2)4-5-20(18)27;/h4-5,10-12,17,19,21-22H,3,6-9,13-14,30H2,1-2H3;1H/t19-,21+;/m1./s1. The Morgan fingerprint density at radius 3 is 2.50 bits per heavy atom. The van der Waals surface area contributed by atoms with Crippen molar-refractivity contribution in [3.63, 3.8) is 0 Å². The number of alkyl halides is 2. The number of benzene rings is 1. The highest BCUT2D eigenvalue weighted by atomic mass is 35.5. The summed E-state index contributed by atoms with van der Waals surface area (Å²) < 4.78 is 45.0. The van der Waals surface area contributed by atoms with E-state index in [2.05, 4.69) is 20.1 Å². The first-order chi connectivity index (χ1) is 18.7. The van der Waals surface area contributed by atoms with Crippen molar-refractivity contribution in [1.29, 1.82) is 0 Å². The molecular formula is C26H32ClF3N8O2. The molecule has 3 aromatic rings. The normalized spacial score (nSPS) is 19.7. The minimum atomic E-state index is -2.79. The van der Waals surface area contributed by atoms with Gasteiger partial charge in [0, 0.05) is 63.1 Å². The van der Waals surface area contributed by atoms with Gasteiger partial charge in [0.25, 0.3) is 5.91 Å². The Balaban J connectivity index is 0.00000370. The summed E-state index contributed by atoms with van der Waals surface area (Å²) in [6, 6.07) is 4.78. The molecule has 10 nitrogen and oxygen atoms in total. The Hall–Kier alpha value is -3.45. The number of hydrogen-bond acceptors (Lipinski definition) is 9. The van der Waals surface area contributed by atoms with E-state index in [1.807, 2.05) is 24.8 Å². The summed E-state index contributed by atoms with van der Waals surface area (Å²) in [7, 11) is 0. The smallest absolute Gasteiger partial charge is 0.324 e. The van der Waals surface area contributed by atoms with Gasteiger partial charge in [0.05, 0.1) is 5.56 Å². The van der Waals surface area contributed by atoms with E-state index in [1.165, 1.54) is 18.5 Å². The molecule has 2 N–H and O–H groups in total. The van der Waals surface area contributed by atoms with Gasteiger partial charge in [-0.25, -0.2) is 23.1 Å². The Kier molecular flexibility index (Phi) is 9.14. The minimum absolute atomic E-state index is 0. The molecular weight excluding hydrogens is 549 g/mol. The molecule has 2 aliphatic heterocycles. The van der Waals surface area contributed by atoms with E-state index in [4.69, 9.17) is 10.3 Å². The number of carbonyl (C=O) groups excluding carboxylic acids is 1. The van der Waals surface area contributed by atoms with E-state index in [1.54, 1.807) is 15.9 Å². The van der Waals surface area contributed by atoms with Gasteiger partial charge in [-0.2, -0.15) is 4.98 Å². The first-order valence-electron chi connectivity index (χ1n) is 13.0. The maximum Gasteiger partial charge on any atom is 0.324 e. The molecule has 40 heavy (non-hydrogen) atoms. The molecule has 0 spiro atoms. The maximum atomic E-state index is 14.5. The van der Waals surface area contributed by atoms with Crippen LogP contribution in [0.15, 0.2) is 35.1 Å². The number of aromatic nitrogens is 4. The van der Waals surface area contributed by atoms with Gasteiger partial charge in [-0.3, -0.25) is 4.79 Å². The van der Waals surface area contributed by atoms with Crippen LogP contribution in [0.3, 0.4) is 0 Å². The van der Waals surface area contributed by atoms with Gasteiger partial charge >= 0.3 is 12.4 Å². The predicted molar refractivity (Wildman–Crippen MR) is 145 cm³/mol. The molecule has 2 atom stereocenters. The van der Waals surface area contributed by atoms with Crippen molar-refractivity contribution in [3.05, 3.63) is 58.9 Å². The SMILES string of the molecule is CCN(C(=O)c1cnc(N2C[C@H](c3cc(C)ccc3F)[C@@H](N)C2)nc1)C1CCN(c2nc(C(F)F)no2)CC1.Cl. The average Bonchev–Trinajstić information content (AvgIpc) is 3.59. The Morgan fingerprint density at radius 1 is 1.18 bits per heavy atom. The average molecular weight is 581 g/mol. The number of nitrogens with two attached hydrogens (primary N) is 1. The zero-order valence-corrected chi connectivity index (χ0v) is 23.0. The van der Waals surface area contributed by atoms with Crippen LogP contribution in [0.4, 0.5) is 25.1 Å². The molecule has 1 amide bonds. The minimum Gasteiger partial charge on any atom is -0.339 e. The van der Waals surface area contributed by atoms with Crippen molar-refractivity contribution in [2.45, 2.75) is 51.1 Å². The fourth-order valence-electron chi connectivity index (χ4n) is 5.41. The van der Waals surface area contributed by atoms with E-state index in [-0.39, 0.29) is 48.1 Å². The van der Waals surface area contributed by atoms with E-state index < -0.39 is 12.2 Å². The molecule has 14 heteroatoms. The third-order valence-electron chi connectivity index (χ3n) is 7.49. The summed E-state index contributed by atoms with van der Waals surface area (Å²) in [6.07, 6.45) is 1.47. The summed E-state index contributed by atoms with van der Waals surface area (Å²) in [5, 5.41) is 3.31. The van der Waals surface area contributed by atoms with Crippen LogP contribution in [-0.4, -0.2) is 75.7 Å². The highest BCUT2D eigenvalue weighted by molar-refractivity contribution is 5.94. The number of carbonyl (C=O) groups is 1. The third-order valence-corrected chi connectivity index (χ3v) is 7.49. The highest BCUT2D eigenvalue weighted by Gasteiger charge is 2.35. The number of anilines is 2. The summed E-state index contributed by atoms with van der Waals surface area (Å²) in [6.45, 7) is 6.26. The molecule has 5 rings (SSSR count). The first kappa shape index (κ1) is 29.5. The van der Waals surface area contributed by atoms with Crippen LogP contribution in [0.1, 0.15) is 59.4 Å². The summed E-state index contributed by atoms with van der Waals surface area (Å²) in [4.78, 5) is 31.4. The monoisotopic (exact) mass is 580 g/mol. The topological polar surface area (TPSA) is 118 Å². The van der Waals surface area contributed by atoms with Crippen molar-refractivity contribution in [3.8, 4) is 0 Å². The van der Waals surface area contributed by atoms with E-state index in [0.717, 1.165) is 5.56 Å². The number of halogens is 4. The molecule has 4 heterocycles. The van der Waals surface area contributed by atoms with Gasteiger partial charge in [0.2, 0.25) is 11.8 Å².